The number of benzene rings is 1. The van der Waals surface area contributed by atoms with Crippen molar-refractivity contribution in [1.82, 2.24) is 14.8 Å². The second-order valence-electron chi connectivity index (χ2n) is 4.58. The Kier molecular flexibility index (Phi) is 2.98. The first kappa shape index (κ1) is 12.2. The van der Waals surface area contributed by atoms with E-state index in [4.69, 9.17) is 16.7 Å². The van der Waals surface area contributed by atoms with Crippen molar-refractivity contribution in [3.8, 4) is 11.4 Å². The fraction of sp³-hybridized carbons (Fsp3) is 0.308. The maximum atomic E-state index is 11.0. The second kappa shape index (κ2) is 4.66. The lowest BCUT2D eigenvalue weighted by Crippen LogP contribution is -2.26. The third-order valence-electron chi connectivity index (χ3n) is 3.33. The molecule has 2 heterocycles. The van der Waals surface area contributed by atoms with E-state index in [1.54, 1.807) is 10.7 Å². The summed E-state index contributed by atoms with van der Waals surface area (Å²) >= 11 is 6.12. The maximum absolute atomic E-state index is 11.0. The van der Waals surface area contributed by atoms with Gasteiger partial charge in [0.05, 0.1) is 10.9 Å². The molecule has 0 saturated carbocycles. The molecule has 1 aliphatic heterocycles. The molecule has 1 aliphatic rings. The number of nitrogens with zero attached hydrogens (tertiary/aromatic N) is 3. The number of carboxylic acids is 1. The van der Waals surface area contributed by atoms with Crippen LogP contribution in [0.5, 0.6) is 0 Å². The molecule has 1 atom stereocenters. The highest BCUT2D eigenvalue weighted by molar-refractivity contribution is 6.33. The van der Waals surface area contributed by atoms with E-state index >= 15 is 0 Å². The van der Waals surface area contributed by atoms with Gasteiger partial charge in [-0.2, -0.15) is 5.10 Å². The lowest BCUT2D eigenvalue weighted by Gasteiger charge is -2.17. The Hall–Kier alpha value is -1.88. The molecule has 98 valence electrons. The standard InChI is InChI=1S/C13H12ClN3O2/c14-10-4-2-1-3-9(10)12-15-11-7-8(13(18)19)5-6-17(11)16-12/h1-4,8H,5-7H2,(H,18,19). The van der Waals surface area contributed by atoms with E-state index in [1.165, 1.54) is 0 Å². The van der Waals surface area contributed by atoms with E-state index in [-0.39, 0.29) is 5.92 Å². The number of hydrogen-bond donors (Lipinski definition) is 1. The molecule has 0 saturated heterocycles. The molecule has 1 N–H and O–H groups in total. The van der Waals surface area contributed by atoms with Crippen molar-refractivity contribution in [2.75, 3.05) is 0 Å². The van der Waals surface area contributed by atoms with Crippen molar-refractivity contribution in [3.63, 3.8) is 0 Å². The number of aromatic nitrogens is 3. The number of carboxylic acid groups (broad SMARTS) is 1. The second-order valence-corrected chi connectivity index (χ2v) is 4.99. The monoisotopic (exact) mass is 277 g/mol. The zero-order chi connectivity index (χ0) is 13.4. The minimum Gasteiger partial charge on any atom is -0.481 e. The topological polar surface area (TPSA) is 68.0 Å². The first-order valence-electron chi connectivity index (χ1n) is 6.06. The summed E-state index contributed by atoms with van der Waals surface area (Å²) in [6.07, 6.45) is 1.01. The Balaban J connectivity index is 1.96. The van der Waals surface area contributed by atoms with Gasteiger partial charge in [-0.15, -0.1) is 0 Å². The van der Waals surface area contributed by atoms with Crippen molar-refractivity contribution in [2.45, 2.75) is 19.4 Å². The molecule has 0 amide bonds. The summed E-state index contributed by atoms with van der Waals surface area (Å²) in [5, 5.41) is 14.1. The van der Waals surface area contributed by atoms with Gasteiger partial charge in [0.15, 0.2) is 5.82 Å². The SMILES string of the molecule is O=C(O)C1CCn2nc(-c3ccccc3Cl)nc2C1. The molecule has 19 heavy (non-hydrogen) atoms. The van der Waals surface area contributed by atoms with Gasteiger partial charge in [0, 0.05) is 18.5 Å². The van der Waals surface area contributed by atoms with Crippen LogP contribution in [0.2, 0.25) is 5.02 Å². The van der Waals surface area contributed by atoms with E-state index in [2.05, 4.69) is 10.1 Å². The van der Waals surface area contributed by atoms with Crippen molar-refractivity contribution in [3.05, 3.63) is 35.1 Å². The summed E-state index contributed by atoms with van der Waals surface area (Å²) in [6.45, 7) is 0.587. The minimum absolute atomic E-state index is 0.365. The van der Waals surface area contributed by atoms with Gasteiger partial charge >= 0.3 is 5.97 Å². The fourth-order valence-corrected chi connectivity index (χ4v) is 2.49. The predicted molar refractivity (Wildman–Crippen MR) is 69.9 cm³/mol. The van der Waals surface area contributed by atoms with Crippen LogP contribution in [0.15, 0.2) is 24.3 Å². The van der Waals surface area contributed by atoms with E-state index in [0.29, 0.717) is 36.1 Å². The Morgan fingerprint density at radius 1 is 1.42 bits per heavy atom. The van der Waals surface area contributed by atoms with E-state index in [1.807, 2.05) is 18.2 Å². The van der Waals surface area contributed by atoms with Crippen LogP contribution in [0.25, 0.3) is 11.4 Å². The molecule has 2 aromatic rings. The average Bonchev–Trinajstić information content (AvgIpc) is 2.81. The van der Waals surface area contributed by atoms with E-state index in [9.17, 15) is 4.79 Å². The number of hydrogen-bond acceptors (Lipinski definition) is 3. The quantitative estimate of drug-likeness (QED) is 0.914. The molecule has 0 spiro atoms. The van der Waals surface area contributed by atoms with Crippen LogP contribution >= 0.6 is 11.6 Å². The molecule has 1 aromatic heterocycles. The zero-order valence-corrected chi connectivity index (χ0v) is 10.8. The van der Waals surface area contributed by atoms with Crippen LogP contribution in [-0.4, -0.2) is 25.8 Å². The molecular weight excluding hydrogens is 266 g/mol. The van der Waals surface area contributed by atoms with Crippen LogP contribution in [-0.2, 0) is 17.8 Å². The first-order chi connectivity index (χ1) is 9.15. The van der Waals surface area contributed by atoms with Crippen molar-refractivity contribution in [2.24, 2.45) is 5.92 Å². The first-order valence-corrected chi connectivity index (χ1v) is 6.44. The Bertz CT molecular complexity index is 639. The molecule has 0 fully saturated rings. The molecule has 0 radical (unpaired) electrons. The Morgan fingerprint density at radius 2 is 2.21 bits per heavy atom. The number of fused-ring (bicyclic) bond motifs is 1. The molecule has 0 bridgehead atoms. The molecule has 3 rings (SSSR count). The highest BCUT2D eigenvalue weighted by Gasteiger charge is 2.27. The molecule has 6 heteroatoms. The molecule has 0 aliphatic carbocycles. The number of carbonyl (C=O) groups is 1. The maximum Gasteiger partial charge on any atom is 0.307 e. The number of aliphatic carboxylic acids is 1. The van der Waals surface area contributed by atoms with Gasteiger partial charge in [0.1, 0.15) is 5.82 Å². The third-order valence-corrected chi connectivity index (χ3v) is 3.66. The summed E-state index contributed by atoms with van der Waals surface area (Å²) in [6, 6.07) is 7.37. The van der Waals surface area contributed by atoms with Crippen molar-refractivity contribution >= 4 is 17.6 Å². The van der Waals surface area contributed by atoms with Crippen LogP contribution in [0.3, 0.4) is 0 Å². The minimum atomic E-state index is -0.770. The van der Waals surface area contributed by atoms with Gasteiger partial charge in [-0.25, -0.2) is 9.67 Å². The van der Waals surface area contributed by atoms with Crippen LogP contribution in [0.1, 0.15) is 12.2 Å². The molecule has 5 nitrogen and oxygen atoms in total. The van der Waals surface area contributed by atoms with Crippen LogP contribution in [0, 0.1) is 5.92 Å². The number of aryl methyl sites for hydroxylation is 1. The lowest BCUT2D eigenvalue weighted by molar-refractivity contribution is -0.142. The van der Waals surface area contributed by atoms with Crippen molar-refractivity contribution < 1.29 is 9.90 Å². The van der Waals surface area contributed by atoms with Crippen LogP contribution in [0.4, 0.5) is 0 Å². The highest BCUT2D eigenvalue weighted by Crippen LogP contribution is 2.27. The Labute approximate surface area is 114 Å². The third kappa shape index (κ3) is 2.21. The van der Waals surface area contributed by atoms with Gasteiger partial charge in [-0.1, -0.05) is 23.7 Å². The van der Waals surface area contributed by atoms with Gasteiger partial charge < -0.3 is 5.11 Å². The largest absolute Gasteiger partial charge is 0.481 e. The number of rotatable bonds is 2. The smallest absolute Gasteiger partial charge is 0.307 e. The van der Waals surface area contributed by atoms with E-state index < -0.39 is 5.97 Å². The van der Waals surface area contributed by atoms with Gasteiger partial charge in [-0.3, -0.25) is 4.79 Å². The zero-order valence-electron chi connectivity index (χ0n) is 10.1. The summed E-state index contributed by atoms with van der Waals surface area (Å²) in [4.78, 5) is 15.4. The number of halogens is 1. The summed E-state index contributed by atoms with van der Waals surface area (Å²) in [5.74, 6) is 0.143. The lowest BCUT2D eigenvalue weighted by atomic mass is 9.98. The van der Waals surface area contributed by atoms with Gasteiger partial charge in [-0.05, 0) is 18.6 Å². The fourth-order valence-electron chi connectivity index (χ4n) is 2.27. The average molecular weight is 278 g/mol. The molecular formula is C13H12ClN3O2. The normalized spacial score (nSPS) is 18.1. The summed E-state index contributed by atoms with van der Waals surface area (Å²) in [5.41, 5.74) is 0.776. The molecule has 1 unspecified atom stereocenters. The van der Waals surface area contributed by atoms with Crippen molar-refractivity contribution in [1.29, 1.82) is 0 Å². The molecule has 1 aromatic carbocycles. The van der Waals surface area contributed by atoms with Gasteiger partial charge in [0.2, 0.25) is 0 Å². The summed E-state index contributed by atoms with van der Waals surface area (Å²) < 4.78 is 1.78. The Morgan fingerprint density at radius 3 is 2.95 bits per heavy atom. The summed E-state index contributed by atoms with van der Waals surface area (Å²) in [7, 11) is 0. The van der Waals surface area contributed by atoms with E-state index in [0.717, 1.165) is 5.56 Å². The van der Waals surface area contributed by atoms with Crippen LogP contribution < -0.4 is 0 Å². The predicted octanol–water partition coefficient (Wildman–Crippen LogP) is 2.25. The van der Waals surface area contributed by atoms with Gasteiger partial charge in [0.25, 0.3) is 0 Å². The highest BCUT2D eigenvalue weighted by atomic mass is 35.5.